The van der Waals surface area contributed by atoms with Crippen LogP contribution in [-0.2, 0) is 6.42 Å². The van der Waals surface area contributed by atoms with Crippen LogP contribution in [0.5, 0.6) is 5.75 Å². The molecule has 0 aliphatic rings. The summed E-state index contributed by atoms with van der Waals surface area (Å²) in [5, 5.41) is 6.69. The van der Waals surface area contributed by atoms with E-state index in [0.29, 0.717) is 29.1 Å². The van der Waals surface area contributed by atoms with Crippen molar-refractivity contribution in [3.05, 3.63) is 41.3 Å². The van der Waals surface area contributed by atoms with Crippen LogP contribution in [0.25, 0.3) is 0 Å². The maximum atomic E-state index is 12.2. The summed E-state index contributed by atoms with van der Waals surface area (Å²) >= 11 is 0. The lowest BCUT2D eigenvalue weighted by molar-refractivity contribution is 0.102. The maximum absolute atomic E-state index is 12.2. The normalized spacial score (nSPS) is 10.3. The smallest absolute Gasteiger partial charge is 0.261 e. The number of carbonyl (C=O) groups is 1. The van der Waals surface area contributed by atoms with Crippen LogP contribution >= 0.6 is 0 Å². The number of hydrogen-bond donors (Lipinski definition) is 1. The van der Waals surface area contributed by atoms with Crippen molar-refractivity contribution < 1.29 is 14.1 Å². The first-order valence-corrected chi connectivity index (χ1v) is 6.06. The third kappa shape index (κ3) is 2.76. The van der Waals surface area contributed by atoms with Gasteiger partial charge in [-0.15, -0.1) is 0 Å². The highest BCUT2D eigenvalue weighted by molar-refractivity contribution is 6.05. The zero-order chi connectivity index (χ0) is 13.8. The first-order valence-electron chi connectivity index (χ1n) is 6.06. The van der Waals surface area contributed by atoms with Crippen LogP contribution < -0.4 is 10.1 Å². The Balaban J connectivity index is 2.18. The number of aryl methyl sites for hydroxylation is 2. The van der Waals surface area contributed by atoms with Crippen molar-refractivity contribution in [1.29, 1.82) is 0 Å². The predicted octanol–water partition coefficient (Wildman–Crippen LogP) is 2.81. The Hall–Kier alpha value is -2.30. The summed E-state index contributed by atoms with van der Waals surface area (Å²) in [7, 11) is 1.60. The van der Waals surface area contributed by atoms with Crippen LogP contribution in [0.3, 0.4) is 0 Å². The lowest BCUT2D eigenvalue weighted by atomic mass is 10.1. The molecule has 1 heterocycles. The van der Waals surface area contributed by atoms with Crippen molar-refractivity contribution in [2.24, 2.45) is 0 Å². The van der Waals surface area contributed by atoms with Crippen LogP contribution in [-0.4, -0.2) is 18.2 Å². The highest BCUT2D eigenvalue weighted by Crippen LogP contribution is 2.19. The minimum absolute atomic E-state index is 0.208. The van der Waals surface area contributed by atoms with Crippen molar-refractivity contribution in [3.8, 4) is 5.75 Å². The largest absolute Gasteiger partial charge is 0.497 e. The minimum Gasteiger partial charge on any atom is -0.497 e. The second-order valence-electron chi connectivity index (χ2n) is 4.10. The van der Waals surface area contributed by atoms with Crippen LogP contribution in [0.15, 0.2) is 28.8 Å². The van der Waals surface area contributed by atoms with Crippen molar-refractivity contribution in [2.75, 3.05) is 12.4 Å². The van der Waals surface area contributed by atoms with E-state index in [9.17, 15) is 4.79 Å². The lowest BCUT2D eigenvalue weighted by Crippen LogP contribution is -2.14. The van der Waals surface area contributed by atoms with Gasteiger partial charge in [-0.3, -0.25) is 4.79 Å². The lowest BCUT2D eigenvalue weighted by Gasteiger charge is -2.06. The van der Waals surface area contributed by atoms with Crippen LogP contribution in [0.2, 0.25) is 0 Å². The number of nitrogens with zero attached hydrogens (tertiary/aromatic N) is 1. The monoisotopic (exact) mass is 260 g/mol. The van der Waals surface area contributed by atoms with Gasteiger partial charge in [0.1, 0.15) is 17.1 Å². The van der Waals surface area contributed by atoms with Gasteiger partial charge in [0.25, 0.3) is 5.91 Å². The SMILES string of the molecule is CCc1noc(C)c1C(=O)Nc1ccc(OC)cc1. The summed E-state index contributed by atoms with van der Waals surface area (Å²) in [6.07, 6.45) is 0.655. The number of benzene rings is 1. The molecule has 5 nitrogen and oxygen atoms in total. The number of hydrogen-bond acceptors (Lipinski definition) is 4. The van der Waals surface area contributed by atoms with E-state index in [0.717, 1.165) is 5.75 Å². The Kier molecular flexibility index (Phi) is 3.85. The van der Waals surface area contributed by atoms with E-state index in [1.165, 1.54) is 0 Å². The zero-order valence-corrected chi connectivity index (χ0v) is 11.2. The summed E-state index contributed by atoms with van der Waals surface area (Å²) in [5.41, 5.74) is 1.88. The third-order valence-corrected chi connectivity index (χ3v) is 2.84. The molecule has 2 aromatic rings. The fourth-order valence-electron chi connectivity index (χ4n) is 1.82. The van der Waals surface area contributed by atoms with Gasteiger partial charge in [-0.25, -0.2) is 0 Å². The number of aromatic nitrogens is 1. The first kappa shape index (κ1) is 13.1. The molecular weight excluding hydrogens is 244 g/mol. The van der Waals surface area contributed by atoms with Crippen molar-refractivity contribution >= 4 is 11.6 Å². The summed E-state index contributed by atoms with van der Waals surface area (Å²) in [5.74, 6) is 1.07. The number of ether oxygens (including phenoxy) is 1. The molecule has 1 amide bonds. The van der Waals surface area contributed by atoms with Crippen molar-refractivity contribution in [2.45, 2.75) is 20.3 Å². The molecule has 1 aromatic carbocycles. The second-order valence-corrected chi connectivity index (χ2v) is 4.10. The van der Waals surface area contributed by atoms with Gasteiger partial charge in [0.15, 0.2) is 0 Å². The molecule has 1 aromatic heterocycles. The molecule has 100 valence electrons. The Labute approximate surface area is 111 Å². The molecule has 0 saturated heterocycles. The van der Waals surface area contributed by atoms with Crippen molar-refractivity contribution in [1.82, 2.24) is 5.16 Å². The topological polar surface area (TPSA) is 64.4 Å². The van der Waals surface area contributed by atoms with Gasteiger partial charge < -0.3 is 14.6 Å². The number of rotatable bonds is 4. The van der Waals surface area contributed by atoms with E-state index in [1.54, 1.807) is 38.3 Å². The van der Waals surface area contributed by atoms with Gasteiger partial charge in [0.2, 0.25) is 0 Å². The average molecular weight is 260 g/mol. The Morgan fingerprint density at radius 3 is 2.63 bits per heavy atom. The van der Waals surface area contributed by atoms with Gasteiger partial charge in [0.05, 0.1) is 12.8 Å². The van der Waals surface area contributed by atoms with Crippen LogP contribution in [0, 0.1) is 6.92 Å². The molecule has 0 fully saturated rings. The maximum Gasteiger partial charge on any atom is 0.261 e. The number of nitrogens with one attached hydrogen (secondary N) is 1. The molecule has 0 saturated carbocycles. The molecule has 0 aliphatic heterocycles. The van der Waals surface area contributed by atoms with E-state index in [1.807, 2.05) is 6.92 Å². The van der Waals surface area contributed by atoms with Gasteiger partial charge >= 0.3 is 0 Å². The minimum atomic E-state index is -0.208. The number of carbonyl (C=O) groups excluding carboxylic acids is 1. The Morgan fingerprint density at radius 1 is 1.37 bits per heavy atom. The molecule has 0 aliphatic carbocycles. The Morgan fingerprint density at radius 2 is 2.05 bits per heavy atom. The highest BCUT2D eigenvalue weighted by atomic mass is 16.5. The standard InChI is InChI=1S/C14H16N2O3/c1-4-12-13(9(2)19-16-12)14(17)15-10-5-7-11(18-3)8-6-10/h5-8H,4H2,1-3H3,(H,15,17). The van der Waals surface area contributed by atoms with E-state index >= 15 is 0 Å². The number of methoxy groups -OCH3 is 1. The molecule has 0 atom stereocenters. The molecule has 2 rings (SSSR count). The van der Waals surface area contributed by atoms with Gasteiger partial charge in [-0.05, 0) is 37.6 Å². The molecule has 5 heteroatoms. The van der Waals surface area contributed by atoms with Gasteiger partial charge in [-0.2, -0.15) is 0 Å². The molecule has 0 unspecified atom stereocenters. The van der Waals surface area contributed by atoms with Crippen LogP contribution in [0.1, 0.15) is 28.7 Å². The number of amides is 1. The van der Waals surface area contributed by atoms with Crippen LogP contribution in [0.4, 0.5) is 5.69 Å². The third-order valence-electron chi connectivity index (χ3n) is 2.84. The second kappa shape index (κ2) is 5.56. The predicted molar refractivity (Wildman–Crippen MR) is 71.6 cm³/mol. The molecular formula is C14H16N2O3. The molecule has 0 radical (unpaired) electrons. The molecule has 1 N–H and O–H groups in total. The summed E-state index contributed by atoms with van der Waals surface area (Å²) in [6.45, 7) is 3.66. The highest BCUT2D eigenvalue weighted by Gasteiger charge is 2.19. The summed E-state index contributed by atoms with van der Waals surface area (Å²) in [6, 6.07) is 7.14. The fraction of sp³-hybridized carbons (Fsp3) is 0.286. The quantitative estimate of drug-likeness (QED) is 0.918. The summed E-state index contributed by atoms with van der Waals surface area (Å²) in [4.78, 5) is 12.2. The number of anilines is 1. The van der Waals surface area contributed by atoms with Gasteiger partial charge in [-0.1, -0.05) is 12.1 Å². The zero-order valence-electron chi connectivity index (χ0n) is 11.2. The summed E-state index contributed by atoms with van der Waals surface area (Å²) < 4.78 is 10.1. The average Bonchev–Trinajstić information content (AvgIpc) is 2.80. The van der Waals surface area contributed by atoms with E-state index in [-0.39, 0.29) is 5.91 Å². The van der Waals surface area contributed by atoms with E-state index < -0.39 is 0 Å². The van der Waals surface area contributed by atoms with E-state index in [2.05, 4.69) is 10.5 Å². The van der Waals surface area contributed by atoms with Gasteiger partial charge in [0, 0.05) is 5.69 Å². The molecule has 0 spiro atoms. The Bertz CT molecular complexity index is 573. The van der Waals surface area contributed by atoms with Crippen molar-refractivity contribution in [3.63, 3.8) is 0 Å². The van der Waals surface area contributed by atoms with E-state index in [4.69, 9.17) is 9.26 Å². The first-order chi connectivity index (χ1) is 9.15. The fourth-order valence-corrected chi connectivity index (χ4v) is 1.82. The molecule has 0 bridgehead atoms. The molecule has 19 heavy (non-hydrogen) atoms.